The monoisotopic (exact) mass is 201 g/mol. The summed E-state index contributed by atoms with van der Waals surface area (Å²) >= 11 is 0. The number of hydrogen-bond donors (Lipinski definition) is 0. The zero-order valence-electron chi connectivity index (χ0n) is 8.21. The molecule has 3 heteroatoms. The van der Waals surface area contributed by atoms with Gasteiger partial charge in [-0.05, 0) is 19.1 Å². The minimum absolute atomic E-state index is 0. The van der Waals surface area contributed by atoms with Gasteiger partial charge in [0.05, 0.1) is 6.61 Å². The summed E-state index contributed by atoms with van der Waals surface area (Å²) in [4.78, 5) is 4.26. The Hall–Kier alpha value is 0.456. The van der Waals surface area contributed by atoms with Crippen molar-refractivity contribution in [2.75, 3.05) is 6.61 Å². The molecule has 0 aromatic rings. The summed E-state index contributed by atoms with van der Waals surface area (Å²) in [7, 11) is 0. The molecule has 2 nitrogen and oxygen atoms in total. The summed E-state index contributed by atoms with van der Waals surface area (Å²) in [6.07, 6.45) is 8.25. The maximum atomic E-state index is 5.43. The number of allylic oxidation sites excluding steroid dienone is 3. The van der Waals surface area contributed by atoms with Crippen LogP contribution in [0, 0.1) is 5.92 Å². The average molecular weight is 201 g/mol. The Kier molecular flexibility index (Phi) is 4.76. The second kappa shape index (κ2) is 5.37. The maximum Gasteiger partial charge on any atom is 1.00 e. The van der Waals surface area contributed by atoms with Gasteiger partial charge in [-0.2, -0.15) is 5.92 Å². The van der Waals surface area contributed by atoms with Crippen LogP contribution in [0.1, 0.15) is 19.8 Å². The average Bonchev–Trinajstić information content (AvgIpc) is 2.29. The molecule has 0 aromatic heterocycles. The van der Waals surface area contributed by atoms with E-state index < -0.39 is 0 Å². The van der Waals surface area contributed by atoms with Crippen LogP contribution in [0.5, 0.6) is 0 Å². The molecule has 2 aliphatic heterocycles. The van der Waals surface area contributed by atoms with Crippen LogP contribution >= 0.6 is 0 Å². The van der Waals surface area contributed by atoms with Crippen molar-refractivity contribution < 1.29 is 56.1 Å². The molecule has 64 valence electrons. The van der Waals surface area contributed by atoms with Gasteiger partial charge in [-0.25, -0.2) is 17.1 Å². The first-order chi connectivity index (χ1) is 5.86. The van der Waals surface area contributed by atoms with Crippen LogP contribution in [0.15, 0.2) is 28.6 Å². The van der Waals surface area contributed by atoms with Crippen LogP contribution in [0.25, 0.3) is 0 Å². The molecule has 0 fully saturated rings. The van der Waals surface area contributed by atoms with Crippen molar-refractivity contribution in [3.05, 3.63) is 29.5 Å². The number of aliphatic imine (C=N–C) groups is 1. The third-order valence-electron chi connectivity index (χ3n) is 2.04. The van der Waals surface area contributed by atoms with Crippen molar-refractivity contribution in [1.29, 1.82) is 0 Å². The summed E-state index contributed by atoms with van der Waals surface area (Å²) in [5.41, 5.74) is 1.23. The second-order valence-electron chi connectivity index (χ2n) is 3.12. The van der Waals surface area contributed by atoms with Gasteiger partial charge in [-0.1, -0.05) is 5.57 Å². The molecule has 0 aliphatic carbocycles. The van der Waals surface area contributed by atoms with E-state index in [4.69, 9.17) is 4.74 Å². The first kappa shape index (κ1) is 11.5. The number of nitrogens with zero attached hydrogens (tertiary/aromatic N) is 1. The van der Waals surface area contributed by atoms with E-state index in [1.807, 2.05) is 13.1 Å². The van der Waals surface area contributed by atoms with Crippen molar-refractivity contribution in [3.63, 3.8) is 0 Å². The quantitative estimate of drug-likeness (QED) is 0.373. The molecule has 0 saturated heterocycles. The predicted molar refractivity (Wildman–Crippen MR) is 48.8 cm³/mol. The summed E-state index contributed by atoms with van der Waals surface area (Å²) in [6.45, 7) is 2.85. The predicted octanol–water partition coefficient (Wildman–Crippen LogP) is -0.753. The molecule has 0 saturated carbocycles. The van der Waals surface area contributed by atoms with Gasteiger partial charge in [0, 0.05) is 0 Å². The second-order valence-corrected chi connectivity index (χ2v) is 3.12. The molecule has 2 aliphatic rings. The summed E-state index contributed by atoms with van der Waals surface area (Å²) in [6, 6.07) is 0. The Bertz CT molecular complexity index is 242. The van der Waals surface area contributed by atoms with E-state index in [9.17, 15) is 0 Å². The molecular weight excluding hydrogens is 189 g/mol. The van der Waals surface area contributed by atoms with Crippen molar-refractivity contribution >= 4 is 6.21 Å². The molecule has 0 unspecified atom stereocenters. The van der Waals surface area contributed by atoms with E-state index in [0.29, 0.717) is 0 Å². The summed E-state index contributed by atoms with van der Waals surface area (Å²) < 4.78 is 5.43. The van der Waals surface area contributed by atoms with Gasteiger partial charge in [0.2, 0.25) is 0 Å². The Morgan fingerprint density at radius 2 is 2.38 bits per heavy atom. The van der Waals surface area contributed by atoms with E-state index in [0.717, 1.165) is 25.3 Å². The zero-order valence-corrected chi connectivity index (χ0v) is 11.3. The summed E-state index contributed by atoms with van der Waals surface area (Å²) in [5, 5.41) is 0. The zero-order chi connectivity index (χ0) is 8.39. The van der Waals surface area contributed by atoms with Crippen molar-refractivity contribution in [2.24, 2.45) is 4.99 Å². The molecule has 13 heavy (non-hydrogen) atoms. The van der Waals surface area contributed by atoms with Crippen LogP contribution in [0.2, 0.25) is 0 Å². The van der Waals surface area contributed by atoms with Gasteiger partial charge in [-0.3, -0.25) is 0 Å². The minimum Gasteiger partial charge on any atom is -0.479 e. The molecule has 0 N–H and O–H groups in total. The fourth-order valence-corrected chi connectivity index (χ4v) is 1.34. The largest absolute Gasteiger partial charge is 1.00 e. The third kappa shape index (κ3) is 2.96. The van der Waals surface area contributed by atoms with E-state index >= 15 is 0 Å². The smallest absolute Gasteiger partial charge is 0.479 e. The SMILES string of the molecule is C[C-]1C=CC2=C(N=C1)OCCC2.[K+]. The van der Waals surface area contributed by atoms with Gasteiger partial charge < -0.3 is 4.74 Å². The Labute approximate surface area is 122 Å². The van der Waals surface area contributed by atoms with Crippen molar-refractivity contribution in [2.45, 2.75) is 19.8 Å². The fourth-order valence-electron chi connectivity index (χ4n) is 1.34. The fraction of sp³-hybridized carbons (Fsp3) is 0.400. The molecule has 2 heterocycles. The minimum atomic E-state index is 0. The van der Waals surface area contributed by atoms with Crippen LogP contribution in [-0.2, 0) is 4.74 Å². The van der Waals surface area contributed by atoms with Crippen molar-refractivity contribution in [1.82, 2.24) is 0 Å². The molecular formula is C10H12KNO. The van der Waals surface area contributed by atoms with Crippen LogP contribution in [0.4, 0.5) is 0 Å². The Balaban J connectivity index is 0.000000845. The molecule has 0 radical (unpaired) electrons. The van der Waals surface area contributed by atoms with E-state index in [1.165, 1.54) is 11.5 Å². The molecule has 0 bridgehead atoms. The summed E-state index contributed by atoms with van der Waals surface area (Å²) in [5.74, 6) is 1.99. The van der Waals surface area contributed by atoms with Gasteiger partial charge in [0.15, 0.2) is 5.88 Å². The van der Waals surface area contributed by atoms with Crippen LogP contribution < -0.4 is 51.4 Å². The van der Waals surface area contributed by atoms with Gasteiger partial charge in [0.1, 0.15) is 0 Å². The topological polar surface area (TPSA) is 21.6 Å². The first-order valence-electron chi connectivity index (χ1n) is 4.28. The first-order valence-corrected chi connectivity index (χ1v) is 4.28. The van der Waals surface area contributed by atoms with E-state index in [-0.39, 0.29) is 51.4 Å². The van der Waals surface area contributed by atoms with Crippen LogP contribution in [0.3, 0.4) is 0 Å². The normalized spacial score (nSPS) is 20.2. The van der Waals surface area contributed by atoms with Gasteiger partial charge in [0.25, 0.3) is 0 Å². The van der Waals surface area contributed by atoms with Gasteiger partial charge in [-0.15, -0.1) is 6.92 Å². The number of rotatable bonds is 0. The molecule has 2 rings (SSSR count). The van der Waals surface area contributed by atoms with E-state index in [1.54, 1.807) is 0 Å². The number of hydrogen-bond acceptors (Lipinski definition) is 2. The third-order valence-corrected chi connectivity index (χ3v) is 2.04. The maximum absolute atomic E-state index is 5.43. The van der Waals surface area contributed by atoms with Gasteiger partial charge >= 0.3 is 51.4 Å². The Morgan fingerprint density at radius 3 is 3.23 bits per heavy atom. The molecule has 0 amide bonds. The van der Waals surface area contributed by atoms with Crippen LogP contribution in [-0.4, -0.2) is 12.8 Å². The Morgan fingerprint density at radius 1 is 1.54 bits per heavy atom. The van der Waals surface area contributed by atoms with Crippen molar-refractivity contribution in [3.8, 4) is 0 Å². The molecule has 0 spiro atoms. The number of ether oxygens (including phenoxy) is 1. The van der Waals surface area contributed by atoms with E-state index in [2.05, 4.69) is 17.1 Å². The molecule has 0 aromatic carbocycles. The molecule has 0 atom stereocenters. The standard InChI is InChI=1S/C10H12NO.K/c1-8-4-5-9-3-2-6-12-10(9)11-7-8;/h4-5,7H,2-3,6H2,1H3;/q-1;+1.